The van der Waals surface area contributed by atoms with Crippen LogP contribution in [0.2, 0.25) is 0 Å². The monoisotopic (exact) mass is 557 g/mol. The standard InChI is InChI=1S/C26H22F7N3O3/c1-14-7-9-20(10-8-14)39-23(38)35-19-6-4-5-18(13-19)34-22(37)36-21-15(2)11-17(12-16(21)3)24(27,25(28,29)30)26(31,32)33/h4-13H,1-3H3,(H,35,38)(H2,34,36,37). The Balaban J connectivity index is 1.72. The van der Waals surface area contributed by atoms with Crippen molar-refractivity contribution in [2.45, 2.75) is 38.8 Å². The van der Waals surface area contributed by atoms with Crippen molar-refractivity contribution in [2.75, 3.05) is 16.0 Å². The fraction of sp³-hybridized carbons (Fsp3) is 0.231. The van der Waals surface area contributed by atoms with Gasteiger partial charge in [-0.3, -0.25) is 5.32 Å². The molecule has 3 N–H and O–H groups in total. The predicted molar refractivity (Wildman–Crippen MR) is 131 cm³/mol. The topological polar surface area (TPSA) is 79.5 Å². The molecule has 13 heteroatoms. The highest BCUT2D eigenvalue weighted by atomic mass is 19.4. The van der Waals surface area contributed by atoms with Crippen molar-refractivity contribution in [2.24, 2.45) is 0 Å². The maximum atomic E-state index is 14.5. The number of hydrogen-bond donors (Lipinski definition) is 3. The van der Waals surface area contributed by atoms with Crippen LogP contribution >= 0.6 is 0 Å². The van der Waals surface area contributed by atoms with E-state index in [1.165, 1.54) is 24.3 Å². The van der Waals surface area contributed by atoms with Crippen molar-refractivity contribution in [3.05, 3.63) is 82.9 Å². The Kier molecular flexibility index (Phi) is 8.13. The molecule has 3 aromatic carbocycles. The van der Waals surface area contributed by atoms with E-state index in [-0.39, 0.29) is 28.2 Å². The molecule has 0 unspecified atom stereocenters. The minimum absolute atomic E-state index is 0.112. The van der Waals surface area contributed by atoms with Gasteiger partial charge < -0.3 is 15.4 Å². The number of anilines is 3. The van der Waals surface area contributed by atoms with Crippen LogP contribution in [0.4, 0.5) is 57.4 Å². The summed E-state index contributed by atoms with van der Waals surface area (Å²) in [5.74, 6) is 0.305. The molecule has 0 aliphatic carbocycles. The normalized spacial score (nSPS) is 12.1. The zero-order chi connectivity index (χ0) is 29.2. The smallest absolute Gasteiger partial charge is 0.410 e. The molecule has 6 nitrogen and oxygen atoms in total. The van der Waals surface area contributed by atoms with Crippen LogP contribution < -0.4 is 20.7 Å². The first-order chi connectivity index (χ1) is 18.0. The maximum absolute atomic E-state index is 14.5. The number of amides is 3. The number of halogens is 7. The van der Waals surface area contributed by atoms with E-state index in [1.54, 1.807) is 24.3 Å². The molecule has 0 fully saturated rings. The molecule has 39 heavy (non-hydrogen) atoms. The van der Waals surface area contributed by atoms with Gasteiger partial charge in [0.1, 0.15) is 5.75 Å². The third-order valence-corrected chi connectivity index (χ3v) is 5.55. The molecule has 0 aliphatic rings. The SMILES string of the molecule is Cc1ccc(OC(=O)Nc2cccc(NC(=O)Nc3c(C)cc(C(F)(C(F)(F)F)C(F)(F)F)cc3C)c2)cc1. The van der Waals surface area contributed by atoms with Crippen molar-refractivity contribution in [1.82, 2.24) is 0 Å². The predicted octanol–water partition coefficient (Wildman–Crippen LogP) is 8.16. The first kappa shape index (κ1) is 29.3. The van der Waals surface area contributed by atoms with Crippen molar-refractivity contribution in [3.8, 4) is 5.75 Å². The lowest BCUT2D eigenvalue weighted by atomic mass is 9.90. The molecular weight excluding hydrogens is 535 g/mol. The highest BCUT2D eigenvalue weighted by molar-refractivity contribution is 6.01. The molecule has 3 aromatic rings. The lowest BCUT2D eigenvalue weighted by Gasteiger charge is -2.31. The molecule has 0 atom stereocenters. The van der Waals surface area contributed by atoms with Gasteiger partial charge in [0, 0.05) is 22.6 Å². The largest absolute Gasteiger partial charge is 0.435 e. The average Bonchev–Trinajstić information content (AvgIpc) is 2.81. The minimum Gasteiger partial charge on any atom is -0.410 e. The number of rotatable bonds is 5. The summed E-state index contributed by atoms with van der Waals surface area (Å²) in [6, 6.07) is 12.4. The van der Waals surface area contributed by atoms with E-state index in [2.05, 4.69) is 16.0 Å². The summed E-state index contributed by atoms with van der Waals surface area (Å²) in [4.78, 5) is 24.7. The average molecular weight is 557 g/mol. The van der Waals surface area contributed by atoms with Gasteiger partial charge in [-0.2, -0.15) is 26.3 Å². The summed E-state index contributed by atoms with van der Waals surface area (Å²) < 4.78 is 98.4. The van der Waals surface area contributed by atoms with Gasteiger partial charge in [0.15, 0.2) is 0 Å². The Morgan fingerprint density at radius 2 is 1.21 bits per heavy atom. The van der Waals surface area contributed by atoms with Crippen molar-refractivity contribution >= 4 is 29.2 Å². The molecule has 208 valence electrons. The number of carbonyl (C=O) groups excluding carboxylic acids is 2. The molecule has 0 bridgehead atoms. The number of aryl methyl sites for hydroxylation is 3. The van der Waals surface area contributed by atoms with E-state index in [0.29, 0.717) is 17.9 Å². The summed E-state index contributed by atoms with van der Waals surface area (Å²) in [6.45, 7) is 4.12. The van der Waals surface area contributed by atoms with Crippen LogP contribution in [0.15, 0.2) is 60.7 Å². The molecule has 0 aromatic heterocycles. The van der Waals surface area contributed by atoms with Gasteiger partial charge in [-0.15, -0.1) is 0 Å². The van der Waals surface area contributed by atoms with E-state index in [9.17, 15) is 40.3 Å². The fourth-order valence-corrected chi connectivity index (χ4v) is 3.65. The van der Waals surface area contributed by atoms with Crippen molar-refractivity contribution in [1.29, 1.82) is 0 Å². The molecule has 0 aliphatic heterocycles. The Hall–Kier alpha value is -4.29. The summed E-state index contributed by atoms with van der Waals surface area (Å²) in [5.41, 5.74) is -6.41. The number of nitrogens with one attached hydrogen (secondary N) is 3. The van der Waals surface area contributed by atoms with Gasteiger partial charge in [0.2, 0.25) is 0 Å². The molecule has 0 saturated carbocycles. The van der Waals surface area contributed by atoms with Gasteiger partial charge in [0.05, 0.1) is 0 Å². The first-order valence-corrected chi connectivity index (χ1v) is 11.2. The number of benzene rings is 3. The van der Waals surface area contributed by atoms with Crippen molar-refractivity contribution < 1.29 is 45.1 Å². The second-order valence-electron chi connectivity index (χ2n) is 8.63. The van der Waals surface area contributed by atoms with Crippen LogP contribution in [0.25, 0.3) is 0 Å². The molecule has 0 spiro atoms. The summed E-state index contributed by atoms with van der Waals surface area (Å²) in [5, 5.41) is 7.24. The second-order valence-corrected chi connectivity index (χ2v) is 8.63. The summed E-state index contributed by atoms with van der Waals surface area (Å²) in [7, 11) is 0. The number of alkyl halides is 7. The van der Waals surface area contributed by atoms with Crippen LogP contribution in [0.5, 0.6) is 5.75 Å². The maximum Gasteiger partial charge on any atom is 0.435 e. The van der Waals surface area contributed by atoms with Gasteiger partial charge in [-0.25, -0.2) is 14.0 Å². The van der Waals surface area contributed by atoms with Gasteiger partial charge in [-0.05, 0) is 62.2 Å². The van der Waals surface area contributed by atoms with Crippen LogP contribution in [0.3, 0.4) is 0 Å². The number of hydrogen-bond acceptors (Lipinski definition) is 3. The summed E-state index contributed by atoms with van der Waals surface area (Å²) >= 11 is 0. The highest BCUT2D eigenvalue weighted by Crippen LogP contribution is 2.53. The fourth-order valence-electron chi connectivity index (χ4n) is 3.65. The van der Waals surface area contributed by atoms with Gasteiger partial charge in [0.25, 0.3) is 0 Å². The van der Waals surface area contributed by atoms with E-state index in [0.717, 1.165) is 19.4 Å². The quantitative estimate of drug-likeness (QED) is 0.277. The first-order valence-electron chi connectivity index (χ1n) is 11.2. The molecule has 0 saturated heterocycles. The Labute approximate surface area is 218 Å². The van der Waals surface area contributed by atoms with E-state index in [4.69, 9.17) is 4.74 Å². The van der Waals surface area contributed by atoms with E-state index in [1.807, 2.05) is 6.92 Å². The Bertz CT molecular complexity index is 1330. The van der Waals surface area contributed by atoms with Crippen LogP contribution in [0, 0.1) is 20.8 Å². The minimum atomic E-state index is -6.26. The molecule has 3 amide bonds. The second kappa shape index (κ2) is 10.8. The van der Waals surface area contributed by atoms with Gasteiger partial charge in [-0.1, -0.05) is 35.9 Å². The third kappa shape index (κ3) is 6.59. The molecule has 3 rings (SSSR count). The number of ether oxygens (including phenoxy) is 1. The molecule has 0 heterocycles. The van der Waals surface area contributed by atoms with Crippen LogP contribution in [-0.4, -0.2) is 24.5 Å². The number of urea groups is 1. The Morgan fingerprint density at radius 3 is 1.72 bits per heavy atom. The van der Waals surface area contributed by atoms with E-state index < -0.39 is 35.7 Å². The highest BCUT2D eigenvalue weighted by Gasteiger charge is 2.73. The van der Waals surface area contributed by atoms with Crippen LogP contribution in [0.1, 0.15) is 22.3 Å². The Morgan fingerprint density at radius 1 is 0.692 bits per heavy atom. The van der Waals surface area contributed by atoms with Gasteiger partial charge >= 0.3 is 30.1 Å². The molecule has 0 radical (unpaired) electrons. The van der Waals surface area contributed by atoms with Crippen LogP contribution in [-0.2, 0) is 5.67 Å². The zero-order valence-electron chi connectivity index (χ0n) is 20.6. The lowest BCUT2D eigenvalue weighted by molar-refractivity contribution is -0.348. The third-order valence-electron chi connectivity index (χ3n) is 5.55. The zero-order valence-corrected chi connectivity index (χ0v) is 20.6. The van der Waals surface area contributed by atoms with E-state index >= 15 is 0 Å². The van der Waals surface area contributed by atoms with Crippen molar-refractivity contribution in [3.63, 3.8) is 0 Å². The lowest BCUT2D eigenvalue weighted by Crippen LogP contribution is -2.50. The molecular formula is C26H22F7N3O3. The summed E-state index contributed by atoms with van der Waals surface area (Å²) in [6.07, 6.45) is -13.3. The number of carbonyl (C=O) groups is 2.